The minimum Gasteiger partial charge on any atom is -0.466 e. The highest BCUT2D eigenvalue weighted by Crippen LogP contribution is 2.52. The van der Waals surface area contributed by atoms with E-state index >= 15 is 0 Å². The number of primary sulfonamides is 1. The van der Waals surface area contributed by atoms with Crippen LogP contribution in [-0.2, 0) is 19.6 Å². The van der Waals surface area contributed by atoms with Crippen molar-refractivity contribution in [1.82, 2.24) is 4.90 Å². The van der Waals surface area contributed by atoms with Crippen molar-refractivity contribution in [3.05, 3.63) is 29.8 Å². The first-order valence-corrected chi connectivity index (χ1v) is 10.4. The summed E-state index contributed by atoms with van der Waals surface area (Å²) in [5.41, 5.74) is -0.250. The molecule has 2 N–H and O–H groups in total. The van der Waals surface area contributed by atoms with E-state index in [0.717, 1.165) is 12.8 Å². The Morgan fingerprint density at radius 1 is 1.23 bits per heavy atom. The molecule has 0 aliphatic carbocycles. The molecule has 1 amide bonds. The van der Waals surface area contributed by atoms with Crippen LogP contribution in [0.3, 0.4) is 0 Å². The van der Waals surface area contributed by atoms with Crippen LogP contribution in [0.5, 0.6) is 0 Å². The predicted octanol–water partition coefficient (Wildman–Crippen LogP) is 1.67. The summed E-state index contributed by atoms with van der Waals surface area (Å²) in [5, 5.41) is 5.10. The summed E-state index contributed by atoms with van der Waals surface area (Å²) in [5.74, 6) is -0.407. The second-order valence-corrected chi connectivity index (χ2v) is 8.52. The van der Waals surface area contributed by atoms with Gasteiger partial charge in [0.15, 0.2) is 0 Å². The molecule has 2 aliphatic rings. The van der Waals surface area contributed by atoms with Crippen molar-refractivity contribution >= 4 is 21.9 Å². The van der Waals surface area contributed by atoms with Crippen molar-refractivity contribution in [1.29, 1.82) is 0 Å². The number of benzene rings is 1. The lowest BCUT2D eigenvalue weighted by molar-refractivity contribution is -0.157. The number of rotatable bonds is 5. The van der Waals surface area contributed by atoms with E-state index in [1.54, 1.807) is 11.8 Å². The molecule has 0 unspecified atom stereocenters. The summed E-state index contributed by atoms with van der Waals surface area (Å²) in [6, 6.07) is 5.44. The maximum atomic E-state index is 13.0. The number of esters is 1. The second kappa shape index (κ2) is 6.66. The number of nitrogens with two attached hydrogens (primary N) is 1. The average Bonchev–Trinajstić information content (AvgIpc) is 3.17. The third kappa shape index (κ3) is 2.91. The van der Waals surface area contributed by atoms with Crippen molar-refractivity contribution in [2.24, 2.45) is 10.6 Å². The second-order valence-electron chi connectivity index (χ2n) is 6.96. The largest absolute Gasteiger partial charge is 0.466 e. The van der Waals surface area contributed by atoms with Gasteiger partial charge in [-0.1, -0.05) is 6.92 Å². The number of amides is 1. The zero-order valence-electron chi connectivity index (χ0n) is 15.0. The molecule has 7 nitrogen and oxygen atoms in total. The molecular formula is C18H24N2O5S. The molecule has 2 fully saturated rings. The Bertz CT molecular complexity index is 820. The summed E-state index contributed by atoms with van der Waals surface area (Å²) in [4.78, 5) is 27.4. The number of carbonyl (C=O) groups excluding carboxylic acids is 2. The fraction of sp³-hybridized carbons (Fsp3) is 0.556. The molecule has 0 spiro atoms. The Morgan fingerprint density at radius 3 is 2.42 bits per heavy atom. The maximum Gasteiger partial charge on any atom is 0.314 e. The molecule has 3 rings (SSSR count). The lowest BCUT2D eigenvalue weighted by Gasteiger charge is -2.34. The van der Waals surface area contributed by atoms with E-state index in [1.165, 1.54) is 24.3 Å². The molecule has 142 valence electrons. The standard InChI is InChI=1S/C18H24N2O5S/c1-3-18(17(22)25-4-2)11-13-7-10-15(18)20(13)16(21)12-5-8-14(9-6-12)26(19,23)24/h5-6,8-9,13,15H,3-4,7,10-11H2,1-2H3,(H2,19,23,24)/t13-,15+,18+/m1/s1. The molecule has 8 heteroatoms. The first kappa shape index (κ1) is 18.8. The van der Waals surface area contributed by atoms with Gasteiger partial charge in [-0.2, -0.15) is 0 Å². The highest BCUT2D eigenvalue weighted by Gasteiger charge is 2.61. The number of hydrogen-bond acceptors (Lipinski definition) is 5. The molecule has 0 saturated carbocycles. The molecule has 2 aliphatic heterocycles. The first-order valence-electron chi connectivity index (χ1n) is 8.87. The molecule has 1 aromatic carbocycles. The van der Waals surface area contributed by atoms with Gasteiger partial charge in [-0.15, -0.1) is 0 Å². The van der Waals surface area contributed by atoms with Crippen LogP contribution in [0.25, 0.3) is 0 Å². The number of sulfonamides is 1. The van der Waals surface area contributed by atoms with Crippen molar-refractivity contribution < 1.29 is 22.7 Å². The summed E-state index contributed by atoms with van der Waals surface area (Å²) in [6.45, 7) is 4.06. The van der Waals surface area contributed by atoms with Gasteiger partial charge in [0, 0.05) is 17.6 Å². The van der Waals surface area contributed by atoms with Crippen LogP contribution in [0.4, 0.5) is 0 Å². The van der Waals surface area contributed by atoms with Gasteiger partial charge in [-0.05, 0) is 56.9 Å². The number of fused-ring (bicyclic) bond motifs is 2. The van der Waals surface area contributed by atoms with E-state index in [2.05, 4.69) is 0 Å². The fourth-order valence-electron chi connectivity index (χ4n) is 4.44. The molecular weight excluding hydrogens is 356 g/mol. The summed E-state index contributed by atoms with van der Waals surface area (Å²) < 4.78 is 28.1. The Hall–Kier alpha value is -1.93. The first-order chi connectivity index (χ1) is 12.2. The Balaban J connectivity index is 1.88. The zero-order chi connectivity index (χ0) is 19.1. The summed E-state index contributed by atoms with van der Waals surface area (Å²) in [6.07, 6.45) is 2.89. The fourth-order valence-corrected chi connectivity index (χ4v) is 4.96. The molecule has 3 atom stereocenters. The quantitative estimate of drug-likeness (QED) is 0.782. The number of hydrogen-bond donors (Lipinski definition) is 1. The van der Waals surface area contributed by atoms with Crippen LogP contribution >= 0.6 is 0 Å². The SMILES string of the molecule is CCOC(=O)[C@@]1(CC)C[C@H]2CC[C@@H]1N2C(=O)c1ccc(S(N)(=O)=O)cc1. The zero-order valence-corrected chi connectivity index (χ0v) is 15.8. The van der Waals surface area contributed by atoms with Gasteiger partial charge in [-0.3, -0.25) is 9.59 Å². The van der Waals surface area contributed by atoms with Gasteiger partial charge in [-0.25, -0.2) is 13.6 Å². The smallest absolute Gasteiger partial charge is 0.314 e. The molecule has 2 bridgehead atoms. The molecule has 26 heavy (non-hydrogen) atoms. The number of carbonyl (C=O) groups is 2. The van der Waals surface area contributed by atoms with Crippen molar-refractivity contribution in [3.8, 4) is 0 Å². The molecule has 0 aromatic heterocycles. The normalized spacial score (nSPS) is 27.6. The van der Waals surface area contributed by atoms with Crippen molar-refractivity contribution in [2.75, 3.05) is 6.61 Å². The molecule has 2 saturated heterocycles. The third-order valence-corrected chi connectivity index (χ3v) is 6.65. The molecule has 2 heterocycles. The van der Waals surface area contributed by atoms with Gasteiger partial charge < -0.3 is 9.64 Å². The van der Waals surface area contributed by atoms with Crippen molar-refractivity contribution in [3.63, 3.8) is 0 Å². The highest BCUT2D eigenvalue weighted by molar-refractivity contribution is 7.89. The maximum absolute atomic E-state index is 13.0. The lowest BCUT2D eigenvalue weighted by Crippen LogP contribution is -2.45. The average molecular weight is 380 g/mol. The highest BCUT2D eigenvalue weighted by atomic mass is 32.2. The number of ether oxygens (including phenoxy) is 1. The van der Waals surface area contributed by atoms with Crippen LogP contribution in [0.2, 0.25) is 0 Å². The van der Waals surface area contributed by atoms with E-state index in [-0.39, 0.29) is 28.9 Å². The van der Waals surface area contributed by atoms with Crippen LogP contribution in [0.1, 0.15) is 49.9 Å². The van der Waals surface area contributed by atoms with E-state index in [9.17, 15) is 18.0 Å². The van der Waals surface area contributed by atoms with E-state index in [1.807, 2.05) is 6.92 Å². The van der Waals surface area contributed by atoms with Gasteiger partial charge in [0.05, 0.1) is 16.9 Å². The monoisotopic (exact) mass is 380 g/mol. The minimum atomic E-state index is -3.80. The van der Waals surface area contributed by atoms with Gasteiger partial charge >= 0.3 is 5.97 Å². The Morgan fingerprint density at radius 2 is 1.88 bits per heavy atom. The summed E-state index contributed by atoms with van der Waals surface area (Å²) in [7, 11) is -3.80. The summed E-state index contributed by atoms with van der Waals surface area (Å²) >= 11 is 0. The van der Waals surface area contributed by atoms with Crippen LogP contribution < -0.4 is 5.14 Å². The van der Waals surface area contributed by atoms with Gasteiger partial charge in [0.25, 0.3) is 5.91 Å². The van der Waals surface area contributed by atoms with Gasteiger partial charge in [0.2, 0.25) is 10.0 Å². The third-order valence-electron chi connectivity index (χ3n) is 5.72. The minimum absolute atomic E-state index is 0.00905. The van der Waals surface area contributed by atoms with E-state index in [4.69, 9.17) is 9.88 Å². The molecule has 1 aromatic rings. The van der Waals surface area contributed by atoms with Crippen LogP contribution in [0.15, 0.2) is 29.2 Å². The lowest BCUT2D eigenvalue weighted by atomic mass is 9.72. The van der Waals surface area contributed by atoms with E-state index < -0.39 is 15.4 Å². The Labute approximate surface area is 153 Å². The van der Waals surface area contributed by atoms with Crippen LogP contribution in [-0.4, -0.2) is 43.9 Å². The Kier molecular flexibility index (Phi) is 4.83. The topological polar surface area (TPSA) is 107 Å². The van der Waals surface area contributed by atoms with E-state index in [0.29, 0.717) is 25.0 Å². The van der Waals surface area contributed by atoms with Gasteiger partial charge in [0.1, 0.15) is 0 Å². The molecule has 0 radical (unpaired) electrons. The predicted molar refractivity (Wildman–Crippen MR) is 94.8 cm³/mol. The van der Waals surface area contributed by atoms with Crippen LogP contribution in [0, 0.1) is 5.41 Å². The number of nitrogens with zero attached hydrogens (tertiary/aromatic N) is 1. The van der Waals surface area contributed by atoms with Crippen molar-refractivity contribution in [2.45, 2.75) is 56.5 Å².